The van der Waals surface area contributed by atoms with E-state index in [1.807, 2.05) is 36.4 Å². The van der Waals surface area contributed by atoms with Crippen LogP contribution < -0.4 is 9.47 Å². The van der Waals surface area contributed by atoms with Crippen molar-refractivity contribution in [2.75, 3.05) is 13.7 Å². The molecule has 5 nitrogen and oxygen atoms in total. The second-order valence-corrected chi connectivity index (χ2v) is 11.3. The van der Waals surface area contributed by atoms with E-state index in [-0.39, 0.29) is 17.5 Å². The van der Waals surface area contributed by atoms with Gasteiger partial charge in [-0.05, 0) is 78.5 Å². The molecule has 0 saturated carbocycles. The van der Waals surface area contributed by atoms with Gasteiger partial charge in [-0.3, -0.25) is 9.59 Å². The largest absolute Gasteiger partial charge is 0.493 e. The molecule has 0 amide bonds. The molecule has 2 aromatic carbocycles. The number of ketones is 2. The molecule has 2 aliphatic carbocycles. The van der Waals surface area contributed by atoms with E-state index in [9.17, 15) is 9.59 Å². The summed E-state index contributed by atoms with van der Waals surface area (Å²) in [4.78, 5) is 29.2. The van der Waals surface area contributed by atoms with E-state index in [1.165, 1.54) is 0 Å². The molecule has 194 valence electrons. The van der Waals surface area contributed by atoms with Crippen LogP contribution in [0, 0.1) is 3.57 Å². The zero-order valence-corrected chi connectivity index (χ0v) is 24.2. The average Bonchev–Trinajstić information content (AvgIpc) is 2.89. The van der Waals surface area contributed by atoms with Crippen molar-refractivity contribution in [3.05, 3.63) is 78.7 Å². The number of halogens is 2. The molecule has 7 heteroatoms. The first-order valence-electron chi connectivity index (χ1n) is 13.0. The van der Waals surface area contributed by atoms with Crippen molar-refractivity contribution in [3.63, 3.8) is 0 Å². The van der Waals surface area contributed by atoms with Crippen LogP contribution in [0.25, 0.3) is 0 Å². The van der Waals surface area contributed by atoms with Gasteiger partial charge >= 0.3 is 0 Å². The Bertz CT molecular complexity index is 1270. The molecule has 0 fully saturated rings. The fraction of sp³-hybridized carbons (Fsp3) is 0.400. The summed E-state index contributed by atoms with van der Waals surface area (Å²) in [6.45, 7) is 3.29. The van der Waals surface area contributed by atoms with Crippen LogP contribution in [0.2, 0.25) is 5.02 Å². The van der Waals surface area contributed by atoms with Gasteiger partial charge in [0.25, 0.3) is 0 Å². The van der Waals surface area contributed by atoms with Gasteiger partial charge in [-0.1, -0.05) is 36.7 Å². The van der Waals surface area contributed by atoms with Crippen molar-refractivity contribution in [2.45, 2.75) is 64.4 Å². The quantitative estimate of drug-likeness (QED) is 0.299. The topological polar surface area (TPSA) is 55.8 Å². The third kappa shape index (κ3) is 4.94. The summed E-state index contributed by atoms with van der Waals surface area (Å²) in [6, 6.07) is 11.6. The number of methoxy groups -OCH3 is 1. The lowest BCUT2D eigenvalue weighted by Crippen LogP contribution is -2.39. The minimum Gasteiger partial charge on any atom is -0.493 e. The number of carbonyl (C=O) groups excluding carboxylic acids is 2. The smallest absolute Gasteiger partial charge is 0.174 e. The number of ether oxygens (including phenoxy) is 2. The zero-order chi connectivity index (χ0) is 26.1. The van der Waals surface area contributed by atoms with E-state index in [0.717, 1.165) is 75.9 Å². The molecule has 0 spiro atoms. The summed E-state index contributed by atoms with van der Waals surface area (Å²) in [7, 11) is 1.62. The highest BCUT2D eigenvalue weighted by Crippen LogP contribution is 2.50. The first-order valence-corrected chi connectivity index (χ1v) is 14.4. The van der Waals surface area contributed by atoms with Crippen LogP contribution in [0.15, 0.2) is 58.9 Å². The van der Waals surface area contributed by atoms with Crippen LogP contribution in [-0.4, -0.2) is 30.1 Å². The van der Waals surface area contributed by atoms with Crippen LogP contribution in [0.5, 0.6) is 11.5 Å². The Morgan fingerprint density at radius 3 is 2.24 bits per heavy atom. The highest BCUT2D eigenvalue weighted by Gasteiger charge is 2.43. The molecule has 0 saturated heterocycles. The highest BCUT2D eigenvalue weighted by molar-refractivity contribution is 14.1. The van der Waals surface area contributed by atoms with Gasteiger partial charge in [-0.2, -0.15) is 0 Å². The minimum atomic E-state index is -0.362. The van der Waals surface area contributed by atoms with E-state index in [0.29, 0.717) is 36.0 Å². The molecule has 1 aliphatic heterocycles. The molecular weight excluding hydrogens is 601 g/mol. The van der Waals surface area contributed by atoms with Gasteiger partial charge in [0, 0.05) is 58.4 Å². The Kier molecular flexibility index (Phi) is 7.96. The maximum atomic E-state index is 13.5. The Labute approximate surface area is 237 Å². The van der Waals surface area contributed by atoms with Crippen molar-refractivity contribution in [1.82, 2.24) is 4.90 Å². The molecule has 0 radical (unpaired) electrons. The van der Waals surface area contributed by atoms with E-state index in [2.05, 4.69) is 34.4 Å². The van der Waals surface area contributed by atoms with Crippen molar-refractivity contribution in [3.8, 4) is 11.5 Å². The molecule has 5 rings (SSSR count). The van der Waals surface area contributed by atoms with Gasteiger partial charge in [-0.25, -0.2) is 0 Å². The van der Waals surface area contributed by atoms with Crippen LogP contribution in [0.4, 0.5) is 0 Å². The molecule has 2 aromatic rings. The van der Waals surface area contributed by atoms with E-state index in [4.69, 9.17) is 21.1 Å². The van der Waals surface area contributed by atoms with Crippen molar-refractivity contribution in [1.29, 1.82) is 0 Å². The Morgan fingerprint density at radius 2 is 1.65 bits per heavy atom. The van der Waals surface area contributed by atoms with Crippen LogP contribution in [-0.2, 0) is 16.2 Å². The number of Topliss-reactive ketones (excluding diaryl/α,β-unsaturated/α-hetero) is 2. The third-order valence-electron chi connectivity index (χ3n) is 7.45. The minimum absolute atomic E-state index is 0.158. The lowest BCUT2D eigenvalue weighted by atomic mass is 9.71. The SMILES string of the molecule is CCCN1C2=C(C(=O)CCC2)C(c2cc(I)c(OCc3ccccc3Cl)c(OC)c2)C2=C1CCCC2=O. The number of hydrogen-bond acceptors (Lipinski definition) is 5. The predicted molar refractivity (Wildman–Crippen MR) is 153 cm³/mol. The first-order chi connectivity index (χ1) is 17.9. The molecule has 0 bridgehead atoms. The fourth-order valence-corrected chi connectivity index (χ4v) is 6.83. The monoisotopic (exact) mass is 631 g/mol. The summed E-state index contributed by atoms with van der Waals surface area (Å²) >= 11 is 8.59. The van der Waals surface area contributed by atoms with Gasteiger partial charge in [0.05, 0.1) is 10.7 Å². The molecule has 37 heavy (non-hydrogen) atoms. The lowest BCUT2D eigenvalue weighted by molar-refractivity contribution is -0.117. The summed E-state index contributed by atoms with van der Waals surface area (Å²) in [5, 5.41) is 0.650. The number of carbonyl (C=O) groups is 2. The number of benzene rings is 2. The summed E-state index contributed by atoms with van der Waals surface area (Å²) in [6.07, 6.45) is 5.47. The summed E-state index contributed by atoms with van der Waals surface area (Å²) in [5.74, 6) is 1.17. The third-order valence-corrected chi connectivity index (χ3v) is 8.62. The fourth-order valence-electron chi connectivity index (χ4n) is 5.86. The number of allylic oxidation sites excluding steroid dienone is 4. The Hall–Kier alpha value is -2.32. The molecule has 0 atom stereocenters. The molecule has 1 heterocycles. The zero-order valence-electron chi connectivity index (χ0n) is 21.2. The predicted octanol–water partition coefficient (Wildman–Crippen LogP) is 7.36. The molecule has 3 aliphatic rings. The van der Waals surface area contributed by atoms with Crippen LogP contribution in [0.1, 0.15) is 68.9 Å². The maximum Gasteiger partial charge on any atom is 0.174 e. The second-order valence-electron chi connectivity index (χ2n) is 9.77. The average molecular weight is 632 g/mol. The summed E-state index contributed by atoms with van der Waals surface area (Å²) in [5.41, 5.74) is 5.63. The number of rotatable bonds is 7. The van der Waals surface area contributed by atoms with Crippen molar-refractivity contribution in [2.24, 2.45) is 0 Å². The highest BCUT2D eigenvalue weighted by atomic mass is 127. The molecular formula is C30H31ClINO4. The van der Waals surface area contributed by atoms with Gasteiger partial charge in [0.2, 0.25) is 0 Å². The van der Waals surface area contributed by atoms with Gasteiger partial charge in [0.15, 0.2) is 23.1 Å². The first kappa shape index (κ1) is 26.3. The Morgan fingerprint density at radius 1 is 1.00 bits per heavy atom. The Balaban J connectivity index is 1.60. The van der Waals surface area contributed by atoms with E-state index >= 15 is 0 Å². The standard InChI is InChI=1S/C30H31ClINO4/c1-3-14-33-22-10-6-12-24(34)28(22)27(29-23(33)11-7-13-25(29)35)19-15-21(32)30(26(16-19)36-2)37-17-18-8-4-5-9-20(18)31/h4-5,8-9,15-16,27H,3,6-7,10-14,17H2,1-2H3. The van der Waals surface area contributed by atoms with Crippen LogP contribution >= 0.6 is 34.2 Å². The molecule has 0 unspecified atom stereocenters. The number of hydrogen-bond donors (Lipinski definition) is 0. The lowest BCUT2D eigenvalue weighted by Gasteiger charge is -2.44. The normalized spacial score (nSPS) is 18.2. The summed E-state index contributed by atoms with van der Waals surface area (Å²) < 4.78 is 12.8. The van der Waals surface area contributed by atoms with Crippen molar-refractivity contribution >= 4 is 45.8 Å². The van der Waals surface area contributed by atoms with E-state index in [1.54, 1.807) is 7.11 Å². The van der Waals surface area contributed by atoms with Crippen molar-refractivity contribution < 1.29 is 19.1 Å². The maximum absolute atomic E-state index is 13.5. The van der Waals surface area contributed by atoms with Gasteiger partial charge in [0.1, 0.15) is 6.61 Å². The van der Waals surface area contributed by atoms with Gasteiger partial charge in [-0.15, -0.1) is 0 Å². The van der Waals surface area contributed by atoms with E-state index < -0.39 is 0 Å². The molecule has 0 aromatic heterocycles. The number of nitrogens with zero attached hydrogens (tertiary/aromatic N) is 1. The molecule has 0 N–H and O–H groups in total. The van der Waals surface area contributed by atoms with Gasteiger partial charge < -0.3 is 14.4 Å². The van der Waals surface area contributed by atoms with Crippen LogP contribution in [0.3, 0.4) is 0 Å². The second kappa shape index (κ2) is 11.2.